The number of aryl methyl sites for hydroxylation is 2. The molecule has 5 heteroatoms. The SMILES string of the molecule is CN1CCC(OC2c3ccccc3CCn3cc(/C=C/c4cccs4)nc32)CC1. The van der Waals surface area contributed by atoms with E-state index in [1.54, 1.807) is 11.3 Å². The Morgan fingerprint density at radius 2 is 1.93 bits per heavy atom. The van der Waals surface area contributed by atoms with Crippen molar-refractivity contribution >= 4 is 23.5 Å². The highest BCUT2D eigenvalue weighted by Crippen LogP contribution is 2.34. The lowest BCUT2D eigenvalue weighted by Gasteiger charge is -2.32. The van der Waals surface area contributed by atoms with Gasteiger partial charge in [-0.1, -0.05) is 30.3 Å². The summed E-state index contributed by atoms with van der Waals surface area (Å²) in [6.07, 6.45) is 9.82. The molecule has 4 nitrogen and oxygen atoms in total. The normalized spacial score (nSPS) is 20.5. The quantitative estimate of drug-likeness (QED) is 0.620. The number of thiophene rings is 1. The van der Waals surface area contributed by atoms with Gasteiger partial charge in [0.05, 0.1) is 11.8 Å². The molecule has 150 valence electrons. The highest BCUT2D eigenvalue weighted by molar-refractivity contribution is 7.10. The Kier molecular flexibility index (Phi) is 5.36. The zero-order chi connectivity index (χ0) is 19.6. The molecule has 3 aromatic rings. The largest absolute Gasteiger partial charge is 0.362 e. The second kappa shape index (κ2) is 8.27. The highest BCUT2D eigenvalue weighted by atomic mass is 32.1. The Morgan fingerprint density at radius 1 is 1.07 bits per heavy atom. The van der Waals surface area contributed by atoms with Crippen LogP contribution in [0.1, 0.15) is 46.5 Å². The molecule has 0 saturated carbocycles. The number of hydrogen-bond donors (Lipinski definition) is 0. The first-order chi connectivity index (χ1) is 14.3. The van der Waals surface area contributed by atoms with Gasteiger partial charge in [-0.05, 0) is 61.0 Å². The van der Waals surface area contributed by atoms with Crippen LogP contribution in [0.5, 0.6) is 0 Å². The summed E-state index contributed by atoms with van der Waals surface area (Å²) in [6.45, 7) is 3.14. The number of hydrogen-bond acceptors (Lipinski definition) is 4. The van der Waals surface area contributed by atoms with Gasteiger partial charge in [-0.2, -0.15) is 0 Å². The molecule has 0 amide bonds. The van der Waals surface area contributed by atoms with Gasteiger partial charge >= 0.3 is 0 Å². The van der Waals surface area contributed by atoms with E-state index in [-0.39, 0.29) is 12.2 Å². The van der Waals surface area contributed by atoms with E-state index in [2.05, 4.69) is 76.6 Å². The molecule has 2 aliphatic rings. The van der Waals surface area contributed by atoms with Crippen LogP contribution in [-0.2, 0) is 17.7 Å². The molecule has 2 aromatic heterocycles. The van der Waals surface area contributed by atoms with Gasteiger partial charge in [0.1, 0.15) is 11.9 Å². The van der Waals surface area contributed by atoms with Crippen LogP contribution in [0, 0.1) is 0 Å². The molecular formula is C24H27N3OS. The Bertz CT molecular complexity index is 983. The number of imidazole rings is 1. The van der Waals surface area contributed by atoms with E-state index < -0.39 is 0 Å². The molecule has 0 aliphatic carbocycles. The Morgan fingerprint density at radius 3 is 2.76 bits per heavy atom. The number of nitrogens with zero attached hydrogens (tertiary/aromatic N) is 3. The zero-order valence-electron chi connectivity index (χ0n) is 16.8. The summed E-state index contributed by atoms with van der Waals surface area (Å²) >= 11 is 1.74. The van der Waals surface area contributed by atoms with Gasteiger partial charge in [-0.25, -0.2) is 4.98 Å². The van der Waals surface area contributed by atoms with Gasteiger partial charge in [0.2, 0.25) is 0 Å². The molecule has 1 fully saturated rings. The van der Waals surface area contributed by atoms with Crippen molar-refractivity contribution in [3.63, 3.8) is 0 Å². The number of benzene rings is 1. The van der Waals surface area contributed by atoms with Crippen molar-refractivity contribution < 1.29 is 4.74 Å². The third-order valence-electron chi connectivity index (χ3n) is 5.98. The maximum atomic E-state index is 6.75. The van der Waals surface area contributed by atoms with Crippen molar-refractivity contribution in [3.05, 3.63) is 75.5 Å². The number of likely N-dealkylation sites (tertiary alicyclic amines) is 1. The lowest BCUT2D eigenvalue weighted by atomic mass is 10.00. The topological polar surface area (TPSA) is 30.3 Å². The second-order valence-corrected chi connectivity index (χ2v) is 9.01. The molecule has 1 atom stereocenters. The number of piperidine rings is 1. The van der Waals surface area contributed by atoms with E-state index in [0.717, 1.165) is 50.4 Å². The van der Waals surface area contributed by atoms with Crippen molar-refractivity contribution in [2.45, 2.75) is 38.0 Å². The third-order valence-corrected chi connectivity index (χ3v) is 6.81. The number of aromatic nitrogens is 2. The summed E-state index contributed by atoms with van der Waals surface area (Å²) in [4.78, 5) is 8.65. The van der Waals surface area contributed by atoms with E-state index in [9.17, 15) is 0 Å². The zero-order valence-corrected chi connectivity index (χ0v) is 17.6. The van der Waals surface area contributed by atoms with Crippen molar-refractivity contribution in [1.29, 1.82) is 0 Å². The van der Waals surface area contributed by atoms with Crippen LogP contribution in [0.15, 0.2) is 48.0 Å². The molecule has 2 aliphatic heterocycles. The minimum absolute atomic E-state index is 0.0917. The molecule has 0 bridgehead atoms. The van der Waals surface area contributed by atoms with Crippen LogP contribution in [-0.4, -0.2) is 40.7 Å². The van der Waals surface area contributed by atoms with Crippen molar-refractivity contribution in [3.8, 4) is 0 Å². The summed E-state index contributed by atoms with van der Waals surface area (Å²) in [5, 5.41) is 2.10. The van der Waals surface area contributed by atoms with E-state index in [0.29, 0.717) is 0 Å². The third kappa shape index (κ3) is 4.08. The Labute approximate surface area is 176 Å². The standard InChI is InChI=1S/C24H27N3OS/c1-26-13-11-20(12-14-26)28-23-22-7-3-2-5-18(22)10-15-27-17-19(25-24(23)27)8-9-21-6-4-16-29-21/h2-9,16-17,20,23H,10-15H2,1H3/b9-8+. The van der Waals surface area contributed by atoms with Gasteiger partial charge < -0.3 is 14.2 Å². The summed E-state index contributed by atoms with van der Waals surface area (Å²) in [5.74, 6) is 1.04. The average Bonchev–Trinajstić information content (AvgIpc) is 3.38. The van der Waals surface area contributed by atoms with Crippen LogP contribution in [0.3, 0.4) is 0 Å². The van der Waals surface area contributed by atoms with Crippen LogP contribution < -0.4 is 0 Å². The maximum absolute atomic E-state index is 6.75. The molecule has 0 radical (unpaired) electrons. The van der Waals surface area contributed by atoms with Gasteiger partial charge in [0, 0.05) is 30.7 Å². The smallest absolute Gasteiger partial charge is 0.143 e. The maximum Gasteiger partial charge on any atom is 0.143 e. The fourth-order valence-corrected chi connectivity index (χ4v) is 4.94. The molecule has 29 heavy (non-hydrogen) atoms. The van der Waals surface area contributed by atoms with Crippen LogP contribution >= 0.6 is 11.3 Å². The lowest BCUT2D eigenvalue weighted by Crippen LogP contribution is -2.35. The molecule has 5 rings (SSSR count). The first-order valence-electron chi connectivity index (χ1n) is 10.5. The van der Waals surface area contributed by atoms with Gasteiger partial charge in [-0.15, -0.1) is 11.3 Å². The number of ether oxygens (including phenoxy) is 1. The first-order valence-corrected chi connectivity index (χ1v) is 11.3. The number of rotatable bonds is 4. The Balaban J connectivity index is 1.47. The summed E-state index contributed by atoms with van der Waals surface area (Å²) in [6, 6.07) is 12.9. The molecule has 0 spiro atoms. The molecular weight excluding hydrogens is 378 g/mol. The van der Waals surface area contributed by atoms with Crippen LogP contribution in [0.2, 0.25) is 0 Å². The summed E-state index contributed by atoms with van der Waals surface area (Å²) < 4.78 is 9.04. The summed E-state index contributed by atoms with van der Waals surface area (Å²) in [7, 11) is 2.19. The molecule has 1 unspecified atom stereocenters. The predicted octanol–water partition coefficient (Wildman–Crippen LogP) is 4.87. The monoisotopic (exact) mass is 405 g/mol. The van der Waals surface area contributed by atoms with Crippen LogP contribution in [0.25, 0.3) is 12.2 Å². The molecule has 1 saturated heterocycles. The van der Waals surface area contributed by atoms with Crippen LogP contribution in [0.4, 0.5) is 0 Å². The minimum atomic E-state index is -0.0917. The Hall–Kier alpha value is -2.21. The van der Waals surface area contributed by atoms with E-state index in [1.165, 1.54) is 16.0 Å². The van der Waals surface area contributed by atoms with Gasteiger partial charge in [-0.3, -0.25) is 0 Å². The fourth-order valence-electron chi connectivity index (χ4n) is 4.32. The summed E-state index contributed by atoms with van der Waals surface area (Å²) in [5.41, 5.74) is 3.67. The van der Waals surface area contributed by atoms with Gasteiger partial charge in [0.25, 0.3) is 0 Å². The van der Waals surface area contributed by atoms with Crippen molar-refractivity contribution in [2.75, 3.05) is 20.1 Å². The van der Waals surface area contributed by atoms with E-state index in [4.69, 9.17) is 9.72 Å². The second-order valence-electron chi connectivity index (χ2n) is 8.03. The predicted molar refractivity (Wildman–Crippen MR) is 119 cm³/mol. The average molecular weight is 406 g/mol. The van der Waals surface area contributed by atoms with E-state index >= 15 is 0 Å². The molecule has 0 N–H and O–H groups in total. The van der Waals surface area contributed by atoms with E-state index in [1.807, 2.05) is 0 Å². The fraction of sp³-hybridized carbons (Fsp3) is 0.375. The first kappa shape index (κ1) is 18.8. The lowest BCUT2D eigenvalue weighted by molar-refractivity contribution is -0.0275. The van der Waals surface area contributed by atoms with Crippen molar-refractivity contribution in [1.82, 2.24) is 14.5 Å². The number of fused-ring (bicyclic) bond motifs is 2. The molecule has 4 heterocycles. The van der Waals surface area contributed by atoms with Crippen molar-refractivity contribution in [2.24, 2.45) is 0 Å². The highest BCUT2D eigenvalue weighted by Gasteiger charge is 2.30. The van der Waals surface area contributed by atoms with Gasteiger partial charge in [0.15, 0.2) is 0 Å². The minimum Gasteiger partial charge on any atom is -0.362 e. The molecule has 1 aromatic carbocycles.